The predicted octanol–water partition coefficient (Wildman–Crippen LogP) is 4.72. The number of benzene rings is 2. The maximum atomic E-state index is 9.15. The number of para-hydroxylation sites is 1. The minimum Gasteiger partial charge on any atom is -0.491 e. The largest absolute Gasteiger partial charge is 0.491 e. The number of halogens is 1. The minimum absolute atomic E-state index is 0.131. The van der Waals surface area contributed by atoms with Crippen molar-refractivity contribution in [2.24, 2.45) is 0 Å². The molecule has 2 aromatic rings. The standard InChI is InChI=1S/C17H17BrN2O/c1-12(2)21-17-6-4-3-5-14(17)11-20-16-9-15(18)8-7-13(16)10-19/h3-9,12,20H,11H2,1-2H3. The highest BCUT2D eigenvalue weighted by atomic mass is 79.9. The van der Waals surface area contributed by atoms with Gasteiger partial charge in [0.05, 0.1) is 17.4 Å². The number of hydrogen-bond acceptors (Lipinski definition) is 3. The highest BCUT2D eigenvalue weighted by molar-refractivity contribution is 9.10. The lowest BCUT2D eigenvalue weighted by Crippen LogP contribution is -2.09. The lowest BCUT2D eigenvalue weighted by Gasteiger charge is -2.15. The minimum atomic E-state index is 0.131. The Bertz CT molecular complexity index is 662. The van der Waals surface area contributed by atoms with Crippen molar-refractivity contribution in [3.8, 4) is 11.8 Å². The highest BCUT2D eigenvalue weighted by Gasteiger charge is 2.07. The Hall–Kier alpha value is -1.99. The van der Waals surface area contributed by atoms with Crippen molar-refractivity contribution in [3.05, 3.63) is 58.1 Å². The number of nitrogens with zero attached hydrogens (tertiary/aromatic N) is 1. The van der Waals surface area contributed by atoms with E-state index in [4.69, 9.17) is 10.00 Å². The van der Waals surface area contributed by atoms with Crippen LogP contribution >= 0.6 is 15.9 Å². The second kappa shape index (κ2) is 7.14. The first-order chi connectivity index (χ1) is 10.1. The van der Waals surface area contributed by atoms with Crippen LogP contribution in [0.4, 0.5) is 5.69 Å². The van der Waals surface area contributed by atoms with Crippen LogP contribution in [0.1, 0.15) is 25.0 Å². The Morgan fingerprint density at radius 1 is 1.24 bits per heavy atom. The molecule has 0 radical (unpaired) electrons. The van der Waals surface area contributed by atoms with E-state index < -0.39 is 0 Å². The monoisotopic (exact) mass is 344 g/mol. The van der Waals surface area contributed by atoms with Crippen LogP contribution in [0.15, 0.2) is 46.9 Å². The van der Waals surface area contributed by atoms with Gasteiger partial charge < -0.3 is 10.1 Å². The van der Waals surface area contributed by atoms with E-state index in [1.807, 2.05) is 50.2 Å². The quantitative estimate of drug-likeness (QED) is 0.853. The molecule has 0 bridgehead atoms. The summed E-state index contributed by atoms with van der Waals surface area (Å²) in [4.78, 5) is 0. The molecule has 2 rings (SSSR count). The zero-order chi connectivity index (χ0) is 15.2. The molecule has 2 aromatic carbocycles. The third-order valence-corrected chi connectivity index (χ3v) is 3.40. The molecule has 0 aliphatic rings. The molecule has 1 N–H and O–H groups in total. The fraction of sp³-hybridized carbons (Fsp3) is 0.235. The smallest absolute Gasteiger partial charge is 0.124 e. The van der Waals surface area contributed by atoms with Crippen molar-refractivity contribution in [2.75, 3.05) is 5.32 Å². The lowest BCUT2D eigenvalue weighted by molar-refractivity contribution is 0.240. The van der Waals surface area contributed by atoms with Crippen molar-refractivity contribution in [2.45, 2.75) is 26.5 Å². The first-order valence-electron chi connectivity index (χ1n) is 6.78. The molecule has 0 aliphatic heterocycles. The van der Waals surface area contributed by atoms with Crippen LogP contribution in [-0.2, 0) is 6.54 Å². The summed E-state index contributed by atoms with van der Waals surface area (Å²) in [5.41, 5.74) is 2.50. The van der Waals surface area contributed by atoms with Gasteiger partial charge in [-0.05, 0) is 38.1 Å². The predicted molar refractivity (Wildman–Crippen MR) is 88.4 cm³/mol. The molecule has 0 saturated carbocycles. The number of hydrogen-bond donors (Lipinski definition) is 1. The molecule has 21 heavy (non-hydrogen) atoms. The topological polar surface area (TPSA) is 45.0 Å². The Balaban J connectivity index is 2.17. The zero-order valence-corrected chi connectivity index (χ0v) is 13.6. The van der Waals surface area contributed by atoms with E-state index >= 15 is 0 Å². The molecule has 0 atom stereocenters. The Morgan fingerprint density at radius 3 is 2.71 bits per heavy atom. The highest BCUT2D eigenvalue weighted by Crippen LogP contribution is 2.24. The fourth-order valence-corrected chi connectivity index (χ4v) is 2.33. The fourth-order valence-electron chi connectivity index (χ4n) is 1.97. The van der Waals surface area contributed by atoms with Crippen LogP contribution in [0.25, 0.3) is 0 Å². The zero-order valence-electron chi connectivity index (χ0n) is 12.1. The van der Waals surface area contributed by atoms with E-state index in [2.05, 4.69) is 27.3 Å². The summed E-state index contributed by atoms with van der Waals surface area (Å²) in [5, 5.41) is 12.5. The van der Waals surface area contributed by atoms with E-state index in [0.717, 1.165) is 21.5 Å². The average Bonchev–Trinajstić information content (AvgIpc) is 2.46. The van der Waals surface area contributed by atoms with Gasteiger partial charge in [0, 0.05) is 16.6 Å². The number of rotatable bonds is 5. The first-order valence-corrected chi connectivity index (χ1v) is 7.57. The van der Waals surface area contributed by atoms with E-state index in [0.29, 0.717) is 12.1 Å². The summed E-state index contributed by atoms with van der Waals surface area (Å²) in [6.07, 6.45) is 0.131. The van der Waals surface area contributed by atoms with Crippen molar-refractivity contribution in [3.63, 3.8) is 0 Å². The van der Waals surface area contributed by atoms with Gasteiger partial charge >= 0.3 is 0 Å². The summed E-state index contributed by atoms with van der Waals surface area (Å²) in [6.45, 7) is 4.62. The normalized spacial score (nSPS) is 10.2. The summed E-state index contributed by atoms with van der Waals surface area (Å²) in [6, 6.07) is 15.7. The molecule has 108 valence electrons. The molecule has 0 spiro atoms. The summed E-state index contributed by atoms with van der Waals surface area (Å²) >= 11 is 3.42. The van der Waals surface area contributed by atoms with Gasteiger partial charge in [0.15, 0.2) is 0 Å². The number of nitriles is 1. The van der Waals surface area contributed by atoms with Gasteiger partial charge in [-0.15, -0.1) is 0 Å². The van der Waals surface area contributed by atoms with Gasteiger partial charge in [0.25, 0.3) is 0 Å². The molecule has 0 saturated heterocycles. The molecule has 4 heteroatoms. The van der Waals surface area contributed by atoms with Gasteiger partial charge in [0.1, 0.15) is 11.8 Å². The van der Waals surface area contributed by atoms with Crippen LogP contribution in [0, 0.1) is 11.3 Å². The molecule has 3 nitrogen and oxygen atoms in total. The van der Waals surface area contributed by atoms with Crippen LogP contribution in [0.2, 0.25) is 0 Å². The van der Waals surface area contributed by atoms with Crippen LogP contribution in [-0.4, -0.2) is 6.10 Å². The Morgan fingerprint density at radius 2 is 2.00 bits per heavy atom. The molecule has 0 unspecified atom stereocenters. The Kier molecular flexibility index (Phi) is 5.24. The summed E-state index contributed by atoms with van der Waals surface area (Å²) in [7, 11) is 0. The lowest BCUT2D eigenvalue weighted by atomic mass is 10.1. The van der Waals surface area contributed by atoms with Crippen molar-refractivity contribution >= 4 is 21.6 Å². The molecule has 0 amide bonds. The molecule has 0 aromatic heterocycles. The van der Waals surface area contributed by atoms with Gasteiger partial charge in [-0.25, -0.2) is 0 Å². The molecular weight excluding hydrogens is 328 g/mol. The molecule has 0 fully saturated rings. The molecular formula is C17H17BrN2O. The second-order valence-electron chi connectivity index (χ2n) is 4.93. The maximum absolute atomic E-state index is 9.15. The van der Waals surface area contributed by atoms with Gasteiger partial charge in [-0.2, -0.15) is 5.26 Å². The number of ether oxygens (including phenoxy) is 1. The third kappa shape index (κ3) is 4.24. The number of anilines is 1. The van der Waals surface area contributed by atoms with E-state index in [1.165, 1.54) is 0 Å². The average molecular weight is 345 g/mol. The van der Waals surface area contributed by atoms with Gasteiger partial charge in [-0.3, -0.25) is 0 Å². The maximum Gasteiger partial charge on any atom is 0.124 e. The molecule has 0 aliphatic carbocycles. The summed E-state index contributed by atoms with van der Waals surface area (Å²) < 4.78 is 6.74. The van der Waals surface area contributed by atoms with Gasteiger partial charge in [-0.1, -0.05) is 34.1 Å². The van der Waals surface area contributed by atoms with Crippen LogP contribution in [0.5, 0.6) is 5.75 Å². The first kappa shape index (κ1) is 15.4. The van der Waals surface area contributed by atoms with Crippen molar-refractivity contribution < 1.29 is 4.74 Å². The van der Waals surface area contributed by atoms with Crippen LogP contribution in [0.3, 0.4) is 0 Å². The SMILES string of the molecule is CC(C)Oc1ccccc1CNc1cc(Br)ccc1C#N. The van der Waals surface area contributed by atoms with Gasteiger partial charge in [0.2, 0.25) is 0 Å². The molecule has 0 heterocycles. The van der Waals surface area contributed by atoms with E-state index in [1.54, 1.807) is 6.07 Å². The van der Waals surface area contributed by atoms with E-state index in [9.17, 15) is 0 Å². The summed E-state index contributed by atoms with van der Waals surface area (Å²) in [5.74, 6) is 0.869. The second-order valence-corrected chi connectivity index (χ2v) is 5.85. The Labute approximate surface area is 133 Å². The number of nitrogens with one attached hydrogen (secondary N) is 1. The van der Waals surface area contributed by atoms with Crippen molar-refractivity contribution in [1.82, 2.24) is 0 Å². The van der Waals surface area contributed by atoms with Crippen molar-refractivity contribution in [1.29, 1.82) is 5.26 Å². The van der Waals surface area contributed by atoms with Crippen LogP contribution < -0.4 is 10.1 Å². The third-order valence-electron chi connectivity index (χ3n) is 2.91. The van der Waals surface area contributed by atoms with E-state index in [-0.39, 0.29) is 6.10 Å².